The van der Waals surface area contributed by atoms with E-state index in [1.807, 2.05) is 13.8 Å². The zero-order chi connectivity index (χ0) is 12.0. The van der Waals surface area contributed by atoms with E-state index in [4.69, 9.17) is 5.73 Å². The van der Waals surface area contributed by atoms with Gasteiger partial charge in [0, 0.05) is 6.42 Å². The number of hydrogen-bond donors (Lipinski definition) is 0. The molecule has 0 unspecified atom stereocenters. The summed E-state index contributed by atoms with van der Waals surface area (Å²) in [6.07, 6.45) is 2.40. The summed E-state index contributed by atoms with van der Waals surface area (Å²) in [6, 6.07) is 0. The second-order valence-corrected chi connectivity index (χ2v) is 3.64. The Bertz CT molecular complexity index is 103. The third-order valence-electron chi connectivity index (χ3n) is 0.956. The maximum Gasteiger partial charge on any atom is 1.00 e. The van der Waals surface area contributed by atoms with Crippen molar-refractivity contribution in [2.45, 2.75) is 60.8 Å². The molecule has 2 nitrogen and oxygen atoms in total. The molecule has 0 amide bonds. The van der Waals surface area contributed by atoms with Gasteiger partial charge in [0.1, 0.15) is 5.78 Å². The van der Waals surface area contributed by atoms with E-state index < -0.39 is 0 Å². The molecule has 0 rings (SSSR count). The molecule has 0 radical (unpaired) electrons. The first kappa shape index (κ1) is 25.2. The zero-order valence-corrected chi connectivity index (χ0v) is 14.9. The first-order valence-corrected chi connectivity index (χ1v) is 5.64. The smallest absolute Gasteiger partial charge is 0.677 e. The van der Waals surface area contributed by atoms with Crippen molar-refractivity contribution in [2.75, 3.05) is 6.54 Å². The fourth-order valence-corrected chi connectivity index (χ4v) is 0.499. The Hall–Kier alpha value is 1.27. The van der Waals surface area contributed by atoms with Crippen molar-refractivity contribution in [3.8, 4) is 0 Å². The summed E-state index contributed by atoms with van der Waals surface area (Å²) in [7, 11) is 0. The molecular weight excluding hydrogens is 213 g/mol. The molecule has 0 aromatic rings. The summed E-state index contributed by atoms with van der Waals surface area (Å²) in [5, 5.41) is 0. The SMILES string of the molecule is CC.CC(=O)CCCC[NH-].CC(C)C.[K+]. The van der Waals surface area contributed by atoms with E-state index in [0.717, 1.165) is 18.8 Å². The number of unbranched alkanes of at least 4 members (excludes halogenated alkanes) is 1. The van der Waals surface area contributed by atoms with Crippen LogP contribution in [0.5, 0.6) is 0 Å². The van der Waals surface area contributed by atoms with Crippen molar-refractivity contribution >= 4 is 5.78 Å². The molecule has 0 aliphatic rings. The van der Waals surface area contributed by atoms with Crippen molar-refractivity contribution in [1.82, 2.24) is 0 Å². The third kappa shape index (κ3) is 68.4. The van der Waals surface area contributed by atoms with Crippen LogP contribution in [0.3, 0.4) is 0 Å². The Morgan fingerprint density at radius 2 is 1.47 bits per heavy atom. The molecule has 0 fully saturated rings. The third-order valence-corrected chi connectivity index (χ3v) is 0.956. The fourth-order valence-electron chi connectivity index (χ4n) is 0.499. The number of rotatable bonds is 4. The van der Waals surface area contributed by atoms with Crippen LogP contribution in [0, 0.1) is 5.92 Å². The molecule has 0 bridgehead atoms. The Kier molecular flexibility index (Phi) is 41.1. The van der Waals surface area contributed by atoms with Crippen LogP contribution in [-0.4, -0.2) is 12.3 Å². The van der Waals surface area contributed by atoms with Gasteiger partial charge in [-0.15, -0.1) is 0 Å². The molecule has 0 aliphatic carbocycles. The Labute approximate surface area is 139 Å². The van der Waals surface area contributed by atoms with Gasteiger partial charge in [-0.25, -0.2) is 0 Å². The molecule has 0 atom stereocenters. The number of Topliss-reactive ketones (excluding diaryl/α,β-unsaturated/α-hetero) is 1. The average Bonchev–Trinajstić information content (AvgIpc) is 2.07. The maximum absolute atomic E-state index is 10.3. The molecule has 0 aromatic carbocycles. The van der Waals surface area contributed by atoms with Gasteiger partial charge in [0.15, 0.2) is 0 Å². The predicted molar refractivity (Wildman–Crippen MR) is 65.6 cm³/mol. The van der Waals surface area contributed by atoms with Gasteiger partial charge in [-0.1, -0.05) is 41.0 Å². The van der Waals surface area contributed by atoms with Crippen LogP contribution in [0.1, 0.15) is 60.8 Å². The van der Waals surface area contributed by atoms with E-state index in [9.17, 15) is 4.79 Å². The van der Waals surface area contributed by atoms with Crippen LogP contribution in [0.15, 0.2) is 0 Å². The van der Waals surface area contributed by atoms with Gasteiger partial charge in [-0.3, -0.25) is 0 Å². The minimum absolute atomic E-state index is 0. The van der Waals surface area contributed by atoms with Gasteiger partial charge in [0.05, 0.1) is 0 Å². The monoisotopic (exact) mass is 241 g/mol. The van der Waals surface area contributed by atoms with Crippen LogP contribution in [-0.2, 0) is 4.79 Å². The van der Waals surface area contributed by atoms with E-state index in [-0.39, 0.29) is 57.2 Å². The molecule has 0 heterocycles. The summed E-state index contributed by atoms with van der Waals surface area (Å²) in [4.78, 5) is 10.3. The number of nitrogens with one attached hydrogen (secondary N) is 1. The first-order chi connectivity index (χ1) is 6.50. The van der Waals surface area contributed by atoms with Crippen LogP contribution in [0.4, 0.5) is 0 Å². The van der Waals surface area contributed by atoms with Gasteiger partial charge in [-0.05, 0) is 19.3 Å². The van der Waals surface area contributed by atoms with E-state index in [0.29, 0.717) is 13.0 Å². The second kappa shape index (κ2) is 24.5. The minimum atomic E-state index is 0. The Balaban J connectivity index is -0.0000000742. The van der Waals surface area contributed by atoms with Crippen LogP contribution in [0.2, 0.25) is 0 Å². The van der Waals surface area contributed by atoms with Gasteiger partial charge in [0.25, 0.3) is 0 Å². The summed E-state index contributed by atoms with van der Waals surface area (Å²) in [5.41, 5.74) is 6.74. The molecule has 0 spiro atoms. The largest absolute Gasteiger partial charge is 1.00 e. The van der Waals surface area contributed by atoms with Gasteiger partial charge < -0.3 is 10.5 Å². The van der Waals surface area contributed by atoms with E-state index in [1.54, 1.807) is 6.92 Å². The van der Waals surface area contributed by atoms with Crippen LogP contribution in [0.25, 0.3) is 5.73 Å². The van der Waals surface area contributed by atoms with Gasteiger partial charge in [-0.2, -0.15) is 6.54 Å². The van der Waals surface area contributed by atoms with Crippen molar-refractivity contribution in [3.05, 3.63) is 5.73 Å². The first-order valence-electron chi connectivity index (χ1n) is 5.64. The van der Waals surface area contributed by atoms with E-state index >= 15 is 0 Å². The minimum Gasteiger partial charge on any atom is -0.677 e. The van der Waals surface area contributed by atoms with Crippen molar-refractivity contribution in [2.24, 2.45) is 5.92 Å². The van der Waals surface area contributed by atoms with Crippen LogP contribution >= 0.6 is 0 Å². The molecule has 0 aliphatic heterocycles. The molecule has 15 heavy (non-hydrogen) atoms. The summed E-state index contributed by atoms with van der Waals surface area (Å²) >= 11 is 0. The molecular formula is C12H28KNO. The van der Waals surface area contributed by atoms with Crippen molar-refractivity contribution in [1.29, 1.82) is 0 Å². The predicted octanol–water partition coefficient (Wildman–Crippen LogP) is 1.49. The Morgan fingerprint density at radius 3 is 1.67 bits per heavy atom. The molecule has 0 aromatic heterocycles. The topological polar surface area (TPSA) is 40.9 Å². The standard InChI is InChI=1S/C6H12NO.C4H10.C2H6.K/c1-6(8)4-2-3-5-7;1-4(2)3;1-2;/h7H,2-5H2,1H3;4H,1-3H3;1-2H3;/q-1;;;+1. The van der Waals surface area contributed by atoms with Crippen LogP contribution < -0.4 is 51.4 Å². The summed E-state index contributed by atoms with van der Waals surface area (Å²) in [6.45, 7) is 12.5. The average molecular weight is 241 g/mol. The quantitative estimate of drug-likeness (QED) is 0.543. The second-order valence-electron chi connectivity index (χ2n) is 3.64. The normalized spacial score (nSPS) is 7.73. The number of carbonyl (C=O) groups excluding carboxylic acids is 1. The van der Waals surface area contributed by atoms with E-state index in [1.165, 1.54) is 0 Å². The van der Waals surface area contributed by atoms with Gasteiger partial charge >= 0.3 is 51.4 Å². The summed E-state index contributed by atoms with van der Waals surface area (Å²) in [5.74, 6) is 1.07. The molecule has 0 saturated carbocycles. The zero-order valence-electron chi connectivity index (χ0n) is 11.8. The van der Waals surface area contributed by atoms with Crippen molar-refractivity contribution in [3.63, 3.8) is 0 Å². The molecule has 88 valence electrons. The fraction of sp³-hybridized carbons (Fsp3) is 0.917. The Morgan fingerprint density at radius 1 is 1.13 bits per heavy atom. The number of hydrogen-bond acceptors (Lipinski definition) is 1. The molecule has 3 heteroatoms. The number of carbonyl (C=O) groups is 1. The molecule has 0 saturated heterocycles. The maximum atomic E-state index is 10.3. The van der Waals surface area contributed by atoms with E-state index in [2.05, 4.69) is 20.8 Å². The van der Waals surface area contributed by atoms with Crippen molar-refractivity contribution < 1.29 is 56.2 Å². The molecule has 1 N–H and O–H groups in total. The number of ketones is 1. The summed E-state index contributed by atoms with van der Waals surface area (Å²) < 4.78 is 0. The van der Waals surface area contributed by atoms with Gasteiger partial charge in [0.2, 0.25) is 0 Å².